The lowest BCUT2D eigenvalue weighted by Crippen LogP contribution is -2.22. The molecule has 4 aromatic carbocycles. The summed E-state index contributed by atoms with van der Waals surface area (Å²) in [5.41, 5.74) is 5.86. The van der Waals surface area contributed by atoms with Crippen molar-refractivity contribution in [1.82, 2.24) is 15.1 Å². The van der Waals surface area contributed by atoms with Gasteiger partial charge in [0.25, 0.3) is 0 Å². The fraction of sp³-hybridized carbons (Fsp3) is 0.194. The highest BCUT2D eigenvalue weighted by molar-refractivity contribution is 5.98. The Morgan fingerprint density at radius 3 is 2.35 bits per heavy atom. The first-order valence-electron chi connectivity index (χ1n) is 12.1. The van der Waals surface area contributed by atoms with Crippen LogP contribution in [0.1, 0.15) is 37.1 Å². The Morgan fingerprint density at radius 2 is 1.59 bits per heavy atom. The molecule has 0 aliphatic heterocycles. The SMILES string of the molecule is COc1cccc([C@@H](C)NC(C)c2cc(-c3cc(F)cc(-c4cnn(C)c4)c3)c3ccccc3c2)c1.Cl. The van der Waals surface area contributed by atoms with Crippen molar-refractivity contribution >= 4 is 23.2 Å². The molecule has 37 heavy (non-hydrogen) atoms. The standard InChI is InChI=1S/C31H30FN3O.ClH/c1-20(22-9-7-10-29(16-22)36-4)34-21(2)24-12-23-8-5-6-11-30(23)31(17-24)26-13-25(14-28(32)15-26)27-18-33-35(3)19-27;/h5-21,34H,1-4H3;1H/t20-,21?;/m1./s1. The Balaban J connectivity index is 0.00000320. The molecule has 4 nitrogen and oxygen atoms in total. The van der Waals surface area contributed by atoms with Crippen LogP contribution in [0.25, 0.3) is 33.0 Å². The highest BCUT2D eigenvalue weighted by atomic mass is 35.5. The molecule has 1 unspecified atom stereocenters. The summed E-state index contributed by atoms with van der Waals surface area (Å²) in [4.78, 5) is 0. The monoisotopic (exact) mass is 515 g/mol. The molecule has 0 aliphatic carbocycles. The summed E-state index contributed by atoms with van der Waals surface area (Å²) in [7, 11) is 3.55. The van der Waals surface area contributed by atoms with Gasteiger partial charge in [0.1, 0.15) is 11.6 Å². The normalized spacial score (nSPS) is 12.7. The summed E-state index contributed by atoms with van der Waals surface area (Å²) in [6.07, 6.45) is 3.66. The molecule has 0 aliphatic rings. The average Bonchev–Trinajstić information content (AvgIpc) is 3.34. The number of benzene rings is 4. The number of hydrogen-bond donors (Lipinski definition) is 1. The van der Waals surface area contributed by atoms with E-state index in [1.54, 1.807) is 30.1 Å². The molecule has 6 heteroatoms. The largest absolute Gasteiger partial charge is 0.497 e. The molecule has 5 rings (SSSR count). The van der Waals surface area contributed by atoms with Crippen LogP contribution in [0.3, 0.4) is 0 Å². The van der Waals surface area contributed by atoms with Gasteiger partial charge in [0, 0.05) is 30.9 Å². The van der Waals surface area contributed by atoms with Gasteiger partial charge in [0.05, 0.1) is 13.3 Å². The predicted octanol–water partition coefficient (Wildman–Crippen LogP) is 7.89. The number of ether oxygens (including phenoxy) is 1. The molecule has 190 valence electrons. The Morgan fingerprint density at radius 1 is 0.838 bits per heavy atom. The van der Waals surface area contributed by atoms with Gasteiger partial charge in [-0.3, -0.25) is 4.68 Å². The molecule has 1 aromatic heterocycles. The molecule has 0 bridgehead atoms. The van der Waals surface area contributed by atoms with Crippen molar-refractivity contribution in [2.75, 3.05) is 7.11 Å². The van der Waals surface area contributed by atoms with Crippen LogP contribution in [0.2, 0.25) is 0 Å². The fourth-order valence-corrected chi connectivity index (χ4v) is 4.78. The molecule has 0 saturated carbocycles. The molecule has 0 radical (unpaired) electrons. The molecule has 0 saturated heterocycles. The first-order valence-corrected chi connectivity index (χ1v) is 12.1. The number of rotatable bonds is 7. The van der Waals surface area contributed by atoms with Gasteiger partial charge in [-0.25, -0.2) is 4.39 Å². The van der Waals surface area contributed by atoms with Gasteiger partial charge in [0.2, 0.25) is 0 Å². The molecule has 0 spiro atoms. The zero-order chi connectivity index (χ0) is 25.2. The van der Waals surface area contributed by atoms with Crippen molar-refractivity contribution < 1.29 is 9.13 Å². The van der Waals surface area contributed by atoms with E-state index < -0.39 is 0 Å². The topological polar surface area (TPSA) is 39.1 Å². The summed E-state index contributed by atoms with van der Waals surface area (Å²) < 4.78 is 22.0. The van der Waals surface area contributed by atoms with Gasteiger partial charge < -0.3 is 10.1 Å². The highest BCUT2D eigenvalue weighted by Crippen LogP contribution is 2.35. The Labute approximate surface area is 223 Å². The van der Waals surface area contributed by atoms with Gasteiger partial charge in [-0.15, -0.1) is 12.4 Å². The summed E-state index contributed by atoms with van der Waals surface area (Å²) in [6.45, 7) is 4.32. The van der Waals surface area contributed by atoms with E-state index >= 15 is 0 Å². The molecular formula is C31H31ClFN3O. The number of aromatic nitrogens is 2. The predicted molar refractivity (Wildman–Crippen MR) is 152 cm³/mol. The van der Waals surface area contributed by atoms with E-state index in [2.05, 4.69) is 60.7 Å². The zero-order valence-corrected chi connectivity index (χ0v) is 22.2. The van der Waals surface area contributed by atoms with E-state index in [9.17, 15) is 4.39 Å². The Hall–Kier alpha value is -3.67. The van der Waals surface area contributed by atoms with E-state index in [1.165, 1.54) is 0 Å². The second-order valence-electron chi connectivity index (χ2n) is 9.31. The zero-order valence-electron chi connectivity index (χ0n) is 21.4. The van der Waals surface area contributed by atoms with Crippen LogP contribution >= 0.6 is 12.4 Å². The van der Waals surface area contributed by atoms with Crippen molar-refractivity contribution in [3.8, 4) is 28.0 Å². The van der Waals surface area contributed by atoms with Crippen molar-refractivity contribution in [3.05, 3.63) is 108 Å². The number of methoxy groups -OCH3 is 1. The maximum Gasteiger partial charge on any atom is 0.124 e. The minimum atomic E-state index is -0.265. The van der Waals surface area contributed by atoms with Gasteiger partial charge in [0.15, 0.2) is 0 Å². The van der Waals surface area contributed by atoms with Crippen LogP contribution in [-0.4, -0.2) is 16.9 Å². The van der Waals surface area contributed by atoms with Crippen LogP contribution in [0, 0.1) is 5.82 Å². The molecule has 2 atom stereocenters. The number of halogens is 2. The molecule has 0 amide bonds. The first-order chi connectivity index (χ1) is 17.4. The minimum Gasteiger partial charge on any atom is -0.497 e. The molecule has 1 heterocycles. The third-order valence-electron chi connectivity index (χ3n) is 6.72. The number of nitrogens with one attached hydrogen (secondary N) is 1. The first kappa shape index (κ1) is 26.4. The van der Waals surface area contributed by atoms with Crippen molar-refractivity contribution in [2.24, 2.45) is 7.05 Å². The maximum atomic E-state index is 14.8. The second-order valence-corrected chi connectivity index (χ2v) is 9.31. The van der Waals surface area contributed by atoms with E-state index in [-0.39, 0.29) is 30.3 Å². The third-order valence-corrected chi connectivity index (χ3v) is 6.72. The van der Waals surface area contributed by atoms with Gasteiger partial charge in [-0.1, -0.05) is 36.4 Å². The van der Waals surface area contributed by atoms with Crippen LogP contribution in [0.5, 0.6) is 5.75 Å². The quantitative estimate of drug-likeness (QED) is 0.239. The third kappa shape index (κ3) is 5.68. The number of aryl methyl sites for hydroxylation is 1. The smallest absolute Gasteiger partial charge is 0.124 e. The fourth-order valence-electron chi connectivity index (χ4n) is 4.78. The van der Waals surface area contributed by atoms with Gasteiger partial charge in [-0.2, -0.15) is 5.10 Å². The second kappa shape index (κ2) is 11.2. The van der Waals surface area contributed by atoms with Gasteiger partial charge >= 0.3 is 0 Å². The average molecular weight is 516 g/mol. The lowest BCUT2D eigenvalue weighted by atomic mass is 9.92. The summed E-state index contributed by atoms with van der Waals surface area (Å²) in [6, 6.07) is 26.2. The van der Waals surface area contributed by atoms with E-state index in [0.717, 1.165) is 49.9 Å². The number of nitrogens with zero attached hydrogens (tertiary/aromatic N) is 2. The molecule has 0 fully saturated rings. The van der Waals surface area contributed by atoms with Crippen LogP contribution in [0.4, 0.5) is 4.39 Å². The summed E-state index contributed by atoms with van der Waals surface area (Å²) in [5.74, 6) is 0.580. The minimum absolute atomic E-state index is 0. The van der Waals surface area contributed by atoms with Crippen molar-refractivity contribution in [3.63, 3.8) is 0 Å². The maximum absolute atomic E-state index is 14.8. The number of fused-ring (bicyclic) bond motifs is 1. The van der Waals surface area contributed by atoms with E-state index in [0.29, 0.717) is 0 Å². The lowest BCUT2D eigenvalue weighted by Gasteiger charge is -2.22. The number of hydrogen-bond acceptors (Lipinski definition) is 3. The van der Waals surface area contributed by atoms with E-state index in [4.69, 9.17) is 4.74 Å². The molecule has 5 aromatic rings. The van der Waals surface area contributed by atoms with Gasteiger partial charge in [-0.05, 0) is 94.9 Å². The van der Waals surface area contributed by atoms with Crippen molar-refractivity contribution in [1.29, 1.82) is 0 Å². The van der Waals surface area contributed by atoms with Crippen molar-refractivity contribution in [2.45, 2.75) is 25.9 Å². The molecular weight excluding hydrogens is 485 g/mol. The van der Waals surface area contributed by atoms with Crippen LogP contribution in [0.15, 0.2) is 91.3 Å². The van der Waals surface area contributed by atoms with Crippen LogP contribution in [-0.2, 0) is 7.05 Å². The summed E-state index contributed by atoms with van der Waals surface area (Å²) >= 11 is 0. The van der Waals surface area contributed by atoms with Crippen LogP contribution < -0.4 is 10.1 Å². The Kier molecular flexibility index (Phi) is 7.96. The highest BCUT2D eigenvalue weighted by Gasteiger charge is 2.16. The lowest BCUT2D eigenvalue weighted by molar-refractivity contribution is 0.412. The van der Waals surface area contributed by atoms with E-state index in [1.807, 2.05) is 43.6 Å². The summed E-state index contributed by atoms with van der Waals surface area (Å²) in [5, 5.41) is 10.2. The Bertz CT molecular complexity index is 1530. The molecule has 1 N–H and O–H groups in total.